The first-order chi connectivity index (χ1) is 8.00. The third kappa shape index (κ3) is 2.28. The summed E-state index contributed by atoms with van der Waals surface area (Å²) in [6.07, 6.45) is 0. The quantitative estimate of drug-likeness (QED) is 0.846. The molecule has 1 aromatic heterocycles. The molecule has 0 spiro atoms. The van der Waals surface area contributed by atoms with Gasteiger partial charge in [0, 0.05) is 12.6 Å². The Morgan fingerprint density at radius 2 is 2.12 bits per heavy atom. The summed E-state index contributed by atoms with van der Waals surface area (Å²) in [5.41, 5.74) is 3.59. The Hall–Kier alpha value is -1.13. The van der Waals surface area contributed by atoms with Gasteiger partial charge in [-0.15, -0.1) is 0 Å². The Balaban J connectivity index is 2.51. The maximum Gasteiger partial charge on any atom is 0.178 e. The van der Waals surface area contributed by atoms with Gasteiger partial charge in [-0.3, -0.25) is 0 Å². The smallest absolute Gasteiger partial charge is 0.178 e. The predicted molar refractivity (Wildman–Crippen MR) is 75.0 cm³/mol. The first-order valence-electron chi connectivity index (χ1n) is 5.85. The predicted octanol–water partition coefficient (Wildman–Crippen LogP) is 2.96. The highest BCUT2D eigenvalue weighted by atomic mass is 32.1. The van der Waals surface area contributed by atoms with Crippen molar-refractivity contribution in [1.29, 1.82) is 0 Å². The SMILES string of the molecule is Cc1cccc2c1[nH]c(=S)n2CC(C)N(C)C. The molecule has 1 atom stereocenters. The van der Waals surface area contributed by atoms with E-state index in [4.69, 9.17) is 12.2 Å². The third-order valence-corrected chi connectivity index (χ3v) is 3.67. The molecule has 0 saturated carbocycles. The molecule has 0 aliphatic rings. The number of likely N-dealkylation sites (N-methyl/N-ethyl adjacent to an activating group) is 1. The topological polar surface area (TPSA) is 24.0 Å². The molecule has 1 unspecified atom stereocenters. The van der Waals surface area contributed by atoms with E-state index in [1.165, 1.54) is 11.1 Å². The number of rotatable bonds is 3. The zero-order valence-electron chi connectivity index (χ0n) is 10.8. The Kier molecular flexibility index (Phi) is 3.35. The van der Waals surface area contributed by atoms with E-state index in [1.807, 2.05) is 0 Å². The minimum atomic E-state index is 0.459. The van der Waals surface area contributed by atoms with Crippen LogP contribution < -0.4 is 0 Å². The molecule has 3 nitrogen and oxygen atoms in total. The van der Waals surface area contributed by atoms with Gasteiger partial charge in [0.15, 0.2) is 4.77 Å². The molecule has 4 heteroatoms. The summed E-state index contributed by atoms with van der Waals surface area (Å²) in [6.45, 7) is 5.22. The van der Waals surface area contributed by atoms with Gasteiger partial charge in [0.2, 0.25) is 0 Å². The van der Waals surface area contributed by atoms with Gasteiger partial charge in [0.05, 0.1) is 11.0 Å². The lowest BCUT2D eigenvalue weighted by Crippen LogP contribution is -2.29. The van der Waals surface area contributed by atoms with Gasteiger partial charge in [0.1, 0.15) is 0 Å². The van der Waals surface area contributed by atoms with Gasteiger partial charge in [0.25, 0.3) is 0 Å². The van der Waals surface area contributed by atoms with E-state index in [1.54, 1.807) is 0 Å². The van der Waals surface area contributed by atoms with Gasteiger partial charge in [-0.05, 0) is 51.8 Å². The van der Waals surface area contributed by atoms with Crippen molar-refractivity contribution in [2.24, 2.45) is 0 Å². The molecule has 0 aliphatic heterocycles. The number of aromatic nitrogens is 2. The number of nitrogens with one attached hydrogen (secondary N) is 1. The molecule has 1 aromatic carbocycles. The second-order valence-electron chi connectivity index (χ2n) is 4.82. The van der Waals surface area contributed by atoms with E-state index >= 15 is 0 Å². The summed E-state index contributed by atoms with van der Waals surface area (Å²) >= 11 is 5.41. The largest absolute Gasteiger partial charge is 0.330 e. The van der Waals surface area contributed by atoms with Crippen LogP contribution in [0.2, 0.25) is 0 Å². The highest BCUT2D eigenvalue weighted by molar-refractivity contribution is 7.71. The number of hydrogen-bond acceptors (Lipinski definition) is 2. The van der Waals surface area contributed by atoms with Crippen molar-refractivity contribution in [1.82, 2.24) is 14.5 Å². The Bertz CT molecular complexity index is 580. The molecule has 1 N–H and O–H groups in total. The second kappa shape index (κ2) is 4.63. The highest BCUT2D eigenvalue weighted by Gasteiger charge is 2.10. The maximum atomic E-state index is 5.41. The van der Waals surface area contributed by atoms with Crippen molar-refractivity contribution in [3.8, 4) is 0 Å². The van der Waals surface area contributed by atoms with E-state index in [2.05, 4.69) is 60.6 Å². The van der Waals surface area contributed by atoms with Crippen LogP contribution in [0, 0.1) is 11.7 Å². The van der Waals surface area contributed by atoms with Crippen molar-refractivity contribution < 1.29 is 0 Å². The number of para-hydroxylation sites is 1. The van der Waals surface area contributed by atoms with Gasteiger partial charge in [-0.1, -0.05) is 12.1 Å². The fourth-order valence-corrected chi connectivity index (χ4v) is 2.21. The van der Waals surface area contributed by atoms with Crippen LogP contribution in [-0.4, -0.2) is 34.6 Å². The van der Waals surface area contributed by atoms with Gasteiger partial charge in [-0.2, -0.15) is 0 Å². The molecular weight excluding hydrogens is 230 g/mol. The molecule has 0 saturated heterocycles. The monoisotopic (exact) mass is 249 g/mol. The van der Waals surface area contributed by atoms with Crippen molar-refractivity contribution in [3.63, 3.8) is 0 Å². The van der Waals surface area contributed by atoms with Gasteiger partial charge >= 0.3 is 0 Å². The number of fused-ring (bicyclic) bond motifs is 1. The molecule has 0 amide bonds. The standard InChI is InChI=1S/C13H19N3S/c1-9-6-5-7-11-12(9)14-13(17)16(11)8-10(2)15(3)4/h5-7,10H,8H2,1-4H3,(H,14,17). The maximum absolute atomic E-state index is 5.41. The average molecular weight is 249 g/mol. The molecular formula is C13H19N3S. The van der Waals surface area contributed by atoms with Gasteiger partial charge < -0.3 is 14.5 Å². The van der Waals surface area contributed by atoms with E-state index in [0.29, 0.717) is 6.04 Å². The molecule has 0 aliphatic carbocycles. The first kappa shape index (κ1) is 12.3. The van der Waals surface area contributed by atoms with Crippen LogP contribution in [0.25, 0.3) is 11.0 Å². The molecule has 92 valence electrons. The molecule has 0 bridgehead atoms. The molecule has 0 fully saturated rings. The summed E-state index contributed by atoms with van der Waals surface area (Å²) in [5, 5.41) is 0. The molecule has 2 aromatic rings. The second-order valence-corrected chi connectivity index (χ2v) is 5.21. The van der Waals surface area contributed by atoms with Crippen molar-refractivity contribution in [3.05, 3.63) is 28.5 Å². The van der Waals surface area contributed by atoms with E-state index in [9.17, 15) is 0 Å². The van der Waals surface area contributed by atoms with Crippen molar-refractivity contribution in [2.45, 2.75) is 26.4 Å². The zero-order valence-corrected chi connectivity index (χ0v) is 11.6. The van der Waals surface area contributed by atoms with E-state index in [-0.39, 0.29) is 0 Å². The van der Waals surface area contributed by atoms with Crippen LogP contribution in [0.15, 0.2) is 18.2 Å². The molecule has 1 heterocycles. The Morgan fingerprint density at radius 1 is 1.41 bits per heavy atom. The Morgan fingerprint density at radius 3 is 2.76 bits per heavy atom. The van der Waals surface area contributed by atoms with Crippen LogP contribution in [-0.2, 0) is 6.54 Å². The number of aryl methyl sites for hydroxylation is 1. The van der Waals surface area contributed by atoms with Crippen molar-refractivity contribution >= 4 is 23.3 Å². The molecule has 17 heavy (non-hydrogen) atoms. The summed E-state index contributed by atoms with van der Waals surface area (Å²) < 4.78 is 2.99. The number of aromatic amines is 1. The number of nitrogens with zero attached hydrogens (tertiary/aromatic N) is 2. The summed E-state index contributed by atoms with van der Waals surface area (Å²) in [6, 6.07) is 6.77. The first-order valence-corrected chi connectivity index (χ1v) is 6.26. The zero-order chi connectivity index (χ0) is 12.6. The van der Waals surface area contributed by atoms with Crippen LogP contribution in [0.3, 0.4) is 0 Å². The summed E-state index contributed by atoms with van der Waals surface area (Å²) in [5.74, 6) is 0. The van der Waals surface area contributed by atoms with Crippen LogP contribution in [0.1, 0.15) is 12.5 Å². The number of hydrogen-bond donors (Lipinski definition) is 1. The molecule has 0 radical (unpaired) electrons. The van der Waals surface area contributed by atoms with Crippen LogP contribution >= 0.6 is 12.2 Å². The Labute approximate surface area is 107 Å². The highest BCUT2D eigenvalue weighted by Crippen LogP contribution is 2.18. The van der Waals surface area contributed by atoms with Crippen molar-refractivity contribution in [2.75, 3.05) is 14.1 Å². The normalized spacial score (nSPS) is 13.5. The van der Waals surface area contributed by atoms with Gasteiger partial charge in [-0.25, -0.2) is 0 Å². The fraction of sp³-hybridized carbons (Fsp3) is 0.462. The summed E-state index contributed by atoms with van der Waals surface area (Å²) in [4.78, 5) is 5.50. The molecule has 2 rings (SSSR count). The van der Waals surface area contributed by atoms with E-state index < -0.39 is 0 Å². The van der Waals surface area contributed by atoms with Crippen LogP contribution in [0.4, 0.5) is 0 Å². The minimum Gasteiger partial charge on any atom is -0.330 e. The number of benzene rings is 1. The van der Waals surface area contributed by atoms with Crippen LogP contribution in [0.5, 0.6) is 0 Å². The van der Waals surface area contributed by atoms with E-state index in [0.717, 1.165) is 16.8 Å². The third-order valence-electron chi connectivity index (χ3n) is 3.35. The lowest BCUT2D eigenvalue weighted by atomic mass is 10.2. The summed E-state index contributed by atoms with van der Waals surface area (Å²) in [7, 11) is 4.18. The lowest BCUT2D eigenvalue weighted by molar-refractivity contribution is 0.285. The average Bonchev–Trinajstić information content (AvgIpc) is 2.58. The fourth-order valence-electron chi connectivity index (χ4n) is 1.93. The minimum absolute atomic E-state index is 0.459. The number of H-pyrrole nitrogens is 1. The number of imidazole rings is 1. The lowest BCUT2D eigenvalue weighted by Gasteiger charge is -2.20.